The first-order chi connectivity index (χ1) is 12.3. The van der Waals surface area contributed by atoms with Crippen LogP contribution in [0.15, 0.2) is 24.3 Å². The van der Waals surface area contributed by atoms with Gasteiger partial charge in [-0.2, -0.15) is 0 Å². The minimum atomic E-state index is -3.05. The number of rotatable bonds is 8. The molecular weight excluding hydrogens is 376 g/mol. The number of carbonyl (C=O) groups excluding carboxylic acids is 2. The number of hydrogen-bond acceptors (Lipinski definition) is 4. The van der Waals surface area contributed by atoms with Crippen LogP contribution in [0, 0.1) is 0 Å². The molecule has 144 valence electrons. The fourth-order valence-corrected chi connectivity index (χ4v) is 4.85. The average Bonchev–Trinajstić information content (AvgIpc) is 2.95. The van der Waals surface area contributed by atoms with Crippen LogP contribution >= 0.6 is 11.6 Å². The van der Waals surface area contributed by atoms with Crippen LogP contribution in [-0.2, 0) is 14.6 Å². The molecule has 1 heterocycles. The summed E-state index contributed by atoms with van der Waals surface area (Å²) in [5.74, 6) is -0.199. The summed E-state index contributed by atoms with van der Waals surface area (Å²) in [4.78, 5) is 26.3. The Balaban J connectivity index is 1.88. The zero-order valence-electron chi connectivity index (χ0n) is 14.9. The zero-order valence-corrected chi connectivity index (χ0v) is 16.5. The van der Waals surface area contributed by atoms with E-state index in [2.05, 4.69) is 5.32 Å². The van der Waals surface area contributed by atoms with Crippen molar-refractivity contribution in [2.45, 2.75) is 38.6 Å². The summed E-state index contributed by atoms with van der Waals surface area (Å²) in [5.41, 5.74) is 0.478. The molecule has 6 nitrogen and oxygen atoms in total. The van der Waals surface area contributed by atoms with Crippen LogP contribution < -0.4 is 5.32 Å². The lowest BCUT2D eigenvalue weighted by Crippen LogP contribution is -2.43. The predicted octanol–water partition coefficient (Wildman–Crippen LogP) is 2.28. The quantitative estimate of drug-likeness (QED) is 0.725. The van der Waals surface area contributed by atoms with Gasteiger partial charge in [-0.05, 0) is 37.1 Å². The molecule has 1 unspecified atom stereocenters. The van der Waals surface area contributed by atoms with Crippen LogP contribution in [0.25, 0.3) is 0 Å². The first-order valence-electron chi connectivity index (χ1n) is 8.86. The molecule has 0 aromatic heterocycles. The summed E-state index contributed by atoms with van der Waals surface area (Å²) >= 11 is 5.80. The maximum absolute atomic E-state index is 12.6. The van der Waals surface area contributed by atoms with Crippen LogP contribution in [0.2, 0.25) is 5.02 Å². The van der Waals surface area contributed by atoms with E-state index in [1.807, 2.05) is 6.92 Å². The van der Waals surface area contributed by atoms with Gasteiger partial charge in [-0.15, -0.1) is 0 Å². The van der Waals surface area contributed by atoms with E-state index in [1.165, 1.54) is 0 Å². The first kappa shape index (κ1) is 20.7. The minimum absolute atomic E-state index is 0.0413. The molecule has 1 aliphatic heterocycles. The molecule has 1 atom stereocenters. The Labute approximate surface area is 159 Å². The van der Waals surface area contributed by atoms with Crippen molar-refractivity contribution in [3.05, 3.63) is 34.9 Å². The minimum Gasteiger partial charge on any atom is -0.352 e. The van der Waals surface area contributed by atoms with Crippen molar-refractivity contribution >= 4 is 33.3 Å². The van der Waals surface area contributed by atoms with Crippen LogP contribution in [-0.4, -0.2) is 55.8 Å². The highest BCUT2D eigenvalue weighted by Crippen LogP contribution is 2.19. The Morgan fingerprint density at radius 1 is 1.27 bits per heavy atom. The molecule has 1 fully saturated rings. The Bertz CT molecular complexity index is 734. The van der Waals surface area contributed by atoms with Crippen molar-refractivity contribution in [2.75, 3.05) is 24.6 Å². The molecule has 2 amide bonds. The largest absolute Gasteiger partial charge is 0.352 e. The van der Waals surface area contributed by atoms with E-state index >= 15 is 0 Å². The van der Waals surface area contributed by atoms with Crippen LogP contribution in [0.4, 0.5) is 0 Å². The van der Waals surface area contributed by atoms with Gasteiger partial charge in [-0.25, -0.2) is 8.42 Å². The molecule has 0 spiro atoms. The van der Waals surface area contributed by atoms with Gasteiger partial charge in [0.15, 0.2) is 9.84 Å². The molecule has 0 bridgehead atoms. The van der Waals surface area contributed by atoms with Crippen molar-refractivity contribution < 1.29 is 18.0 Å². The van der Waals surface area contributed by atoms with E-state index in [-0.39, 0.29) is 42.3 Å². The van der Waals surface area contributed by atoms with Crippen LogP contribution in [0.1, 0.15) is 43.0 Å². The molecule has 0 saturated carbocycles. The topological polar surface area (TPSA) is 83.6 Å². The van der Waals surface area contributed by atoms with Gasteiger partial charge in [0.1, 0.15) is 0 Å². The molecule has 26 heavy (non-hydrogen) atoms. The van der Waals surface area contributed by atoms with Crippen molar-refractivity contribution in [1.82, 2.24) is 10.2 Å². The van der Waals surface area contributed by atoms with E-state index in [0.29, 0.717) is 23.6 Å². The SMILES string of the molecule is CCCCN(C(=O)CCNC(=O)c1ccc(Cl)cc1)C1CCS(=O)(=O)C1. The Kier molecular flexibility index (Phi) is 7.46. The third-order valence-electron chi connectivity index (χ3n) is 4.45. The first-order valence-corrected chi connectivity index (χ1v) is 11.1. The number of nitrogens with one attached hydrogen (secondary N) is 1. The lowest BCUT2D eigenvalue weighted by molar-refractivity contribution is -0.133. The molecular formula is C18H25ClN2O4S. The van der Waals surface area contributed by atoms with Gasteiger partial charge >= 0.3 is 0 Å². The summed E-state index contributed by atoms with van der Waals surface area (Å²) in [6.07, 6.45) is 2.41. The van der Waals surface area contributed by atoms with Crippen molar-refractivity contribution in [3.63, 3.8) is 0 Å². The van der Waals surface area contributed by atoms with Gasteiger partial charge in [-0.1, -0.05) is 24.9 Å². The van der Waals surface area contributed by atoms with Crippen molar-refractivity contribution in [2.24, 2.45) is 0 Å². The van der Waals surface area contributed by atoms with Gasteiger partial charge in [-0.3, -0.25) is 9.59 Å². The van der Waals surface area contributed by atoms with E-state index in [0.717, 1.165) is 12.8 Å². The second kappa shape index (κ2) is 9.37. The van der Waals surface area contributed by atoms with Crippen molar-refractivity contribution in [3.8, 4) is 0 Å². The van der Waals surface area contributed by atoms with Crippen molar-refractivity contribution in [1.29, 1.82) is 0 Å². The normalized spacial score (nSPS) is 18.5. The number of sulfone groups is 1. The van der Waals surface area contributed by atoms with Gasteiger partial charge in [0.2, 0.25) is 5.91 Å². The maximum Gasteiger partial charge on any atom is 0.251 e. The summed E-state index contributed by atoms with van der Waals surface area (Å²) in [6.45, 7) is 2.80. The molecule has 8 heteroatoms. The third kappa shape index (κ3) is 5.99. The highest BCUT2D eigenvalue weighted by atomic mass is 35.5. The number of benzene rings is 1. The molecule has 1 saturated heterocycles. The number of halogens is 1. The van der Waals surface area contributed by atoms with E-state index < -0.39 is 9.84 Å². The lowest BCUT2D eigenvalue weighted by Gasteiger charge is -2.28. The molecule has 1 N–H and O–H groups in total. The second-order valence-electron chi connectivity index (χ2n) is 6.51. The standard InChI is InChI=1S/C18H25ClN2O4S/c1-2-3-11-21(16-9-12-26(24,25)13-16)17(22)8-10-20-18(23)14-4-6-15(19)7-5-14/h4-7,16H,2-3,8-13H2,1H3,(H,20,23). The monoisotopic (exact) mass is 400 g/mol. The molecule has 1 aliphatic rings. The number of amides is 2. The summed E-state index contributed by atoms with van der Waals surface area (Å²) in [7, 11) is -3.05. The summed E-state index contributed by atoms with van der Waals surface area (Å²) < 4.78 is 23.4. The summed E-state index contributed by atoms with van der Waals surface area (Å²) in [5, 5.41) is 3.27. The number of unbranched alkanes of at least 4 members (excludes halogenated alkanes) is 1. The predicted molar refractivity (Wildman–Crippen MR) is 102 cm³/mol. The second-order valence-corrected chi connectivity index (χ2v) is 9.18. The number of nitrogens with zero attached hydrogens (tertiary/aromatic N) is 1. The highest BCUT2D eigenvalue weighted by Gasteiger charge is 2.34. The fraction of sp³-hybridized carbons (Fsp3) is 0.556. The highest BCUT2D eigenvalue weighted by molar-refractivity contribution is 7.91. The molecule has 2 rings (SSSR count). The van der Waals surface area contributed by atoms with E-state index in [9.17, 15) is 18.0 Å². The van der Waals surface area contributed by atoms with E-state index in [1.54, 1.807) is 29.2 Å². The Morgan fingerprint density at radius 3 is 2.54 bits per heavy atom. The molecule has 1 aromatic rings. The molecule has 0 aliphatic carbocycles. The Hall–Kier alpha value is -1.60. The molecule has 1 aromatic carbocycles. The summed E-state index contributed by atoms with van der Waals surface area (Å²) in [6, 6.07) is 6.27. The van der Waals surface area contributed by atoms with E-state index in [4.69, 9.17) is 11.6 Å². The third-order valence-corrected chi connectivity index (χ3v) is 6.46. The van der Waals surface area contributed by atoms with Gasteiger partial charge < -0.3 is 10.2 Å². The van der Waals surface area contributed by atoms with Gasteiger partial charge in [0.05, 0.1) is 11.5 Å². The smallest absolute Gasteiger partial charge is 0.251 e. The number of carbonyl (C=O) groups is 2. The fourth-order valence-electron chi connectivity index (χ4n) is 2.99. The molecule has 0 radical (unpaired) electrons. The van der Waals surface area contributed by atoms with Crippen LogP contribution in [0.5, 0.6) is 0 Å². The van der Waals surface area contributed by atoms with Crippen LogP contribution in [0.3, 0.4) is 0 Å². The van der Waals surface area contributed by atoms with Gasteiger partial charge in [0.25, 0.3) is 5.91 Å². The lowest BCUT2D eigenvalue weighted by atomic mass is 10.1. The zero-order chi connectivity index (χ0) is 19.2. The maximum atomic E-state index is 12.6. The van der Waals surface area contributed by atoms with Gasteiger partial charge in [0, 0.05) is 36.1 Å². The number of hydrogen-bond donors (Lipinski definition) is 1. The Morgan fingerprint density at radius 2 is 1.96 bits per heavy atom. The average molecular weight is 401 g/mol.